The van der Waals surface area contributed by atoms with Gasteiger partial charge >= 0.3 is 11.9 Å². The molecule has 2 atom stereocenters. The van der Waals surface area contributed by atoms with Crippen molar-refractivity contribution < 1.29 is 23.9 Å². The standard InChI is InChI=1S/C17H16N2O5/c1-23-16(21)9-7-13-14(8-10(15(9)20)17(22)24-2)19-12-6-4-3-5-11(12)18-13/h3-6,9-10H,7-8H2,1-2H3. The van der Waals surface area contributed by atoms with Crippen molar-refractivity contribution in [1.82, 2.24) is 9.97 Å². The van der Waals surface area contributed by atoms with Crippen molar-refractivity contribution in [2.75, 3.05) is 14.2 Å². The molecule has 0 spiro atoms. The van der Waals surface area contributed by atoms with Crippen LogP contribution < -0.4 is 0 Å². The Morgan fingerprint density at radius 1 is 0.917 bits per heavy atom. The summed E-state index contributed by atoms with van der Waals surface area (Å²) in [4.78, 5) is 45.7. The average molecular weight is 328 g/mol. The molecule has 3 rings (SSSR count). The SMILES string of the molecule is COC(=O)C1Cc2nc3ccccc3nc2CC(C(=O)OC)C1=O. The largest absolute Gasteiger partial charge is 0.468 e. The number of fused-ring (bicyclic) bond motifs is 2. The molecule has 1 aromatic heterocycles. The summed E-state index contributed by atoms with van der Waals surface area (Å²) < 4.78 is 9.44. The number of Topliss-reactive ketones (excluding diaryl/α,β-unsaturated/α-hetero) is 1. The van der Waals surface area contributed by atoms with Crippen molar-refractivity contribution in [2.45, 2.75) is 12.8 Å². The van der Waals surface area contributed by atoms with Crippen LogP contribution in [0.2, 0.25) is 0 Å². The van der Waals surface area contributed by atoms with Gasteiger partial charge in [0.1, 0.15) is 11.8 Å². The number of esters is 2. The van der Waals surface area contributed by atoms with Crippen molar-refractivity contribution >= 4 is 28.8 Å². The normalized spacial score (nSPS) is 20.2. The van der Waals surface area contributed by atoms with Gasteiger partial charge in [0.15, 0.2) is 5.78 Å². The Morgan fingerprint density at radius 2 is 1.33 bits per heavy atom. The summed E-state index contributed by atoms with van der Waals surface area (Å²) in [5.41, 5.74) is 2.40. The summed E-state index contributed by atoms with van der Waals surface area (Å²) in [5.74, 6) is -4.06. The number of ketones is 1. The molecule has 0 amide bonds. The number of nitrogens with zero attached hydrogens (tertiary/aromatic N) is 2. The zero-order valence-electron chi connectivity index (χ0n) is 13.3. The van der Waals surface area contributed by atoms with Crippen LogP contribution in [0.4, 0.5) is 0 Å². The Labute approximate surface area is 138 Å². The molecule has 2 aromatic rings. The highest BCUT2D eigenvalue weighted by molar-refractivity contribution is 6.09. The first-order valence-electron chi connectivity index (χ1n) is 7.49. The maximum absolute atomic E-state index is 12.7. The van der Waals surface area contributed by atoms with Crippen LogP contribution in [-0.2, 0) is 36.7 Å². The number of carbonyl (C=O) groups excluding carboxylic acids is 3. The van der Waals surface area contributed by atoms with E-state index in [9.17, 15) is 14.4 Å². The summed E-state index contributed by atoms with van der Waals surface area (Å²) in [6.07, 6.45) is 0.123. The van der Waals surface area contributed by atoms with Gasteiger partial charge in [0, 0.05) is 12.8 Å². The number of rotatable bonds is 2. The van der Waals surface area contributed by atoms with E-state index in [-0.39, 0.29) is 12.8 Å². The van der Waals surface area contributed by atoms with Crippen molar-refractivity contribution in [3.8, 4) is 0 Å². The molecule has 0 fully saturated rings. The number of carbonyl (C=O) groups is 3. The fourth-order valence-electron chi connectivity index (χ4n) is 2.91. The molecule has 7 heteroatoms. The second kappa shape index (κ2) is 6.35. The predicted molar refractivity (Wildman–Crippen MR) is 83.0 cm³/mol. The van der Waals surface area contributed by atoms with E-state index in [2.05, 4.69) is 9.97 Å². The zero-order valence-corrected chi connectivity index (χ0v) is 13.3. The van der Waals surface area contributed by atoms with Gasteiger partial charge in [-0.25, -0.2) is 9.97 Å². The highest BCUT2D eigenvalue weighted by Gasteiger charge is 2.42. The minimum absolute atomic E-state index is 0.0617. The molecule has 0 saturated carbocycles. The molecule has 1 heterocycles. The van der Waals surface area contributed by atoms with Crippen LogP contribution in [0.3, 0.4) is 0 Å². The fraction of sp³-hybridized carbons (Fsp3) is 0.353. The Hall–Kier alpha value is -2.83. The number of para-hydroxylation sites is 2. The Kier molecular flexibility index (Phi) is 4.24. The third-order valence-electron chi connectivity index (χ3n) is 4.18. The lowest BCUT2D eigenvalue weighted by atomic mass is 9.91. The van der Waals surface area contributed by atoms with Gasteiger partial charge in [0.25, 0.3) is 0 Å². The van der Waals surface area contributed by atoms with Gasteiger partial charge in [-0.2, -0.15) is 0 Å². The van der Waals surface area contributed by atoms with Crippen LogP contribution in [0.25, 0.3) is 11.0 Å². The van der Waals surface area contributed by atoms with Gasteiger partial charge in [-0.1, -0.05) is 12.1 Å². The number of ether oxygens (including phenoxy) is 2. The number of aromatic nitrogens is 2. The summed E-state index contributed by atoms with van der Waals surface area (Å²) in [7, 11) is 2.42. The third-order valence-corrected chi connectivity index (χ3v) is 4.18. The number of benzene rings is 1. The van der Waals surface area contributed by atoms with E-state index >= 15 is 0 Å². The zero-order chi connectivity index (χ0) is 17.3. The molecule has 0 bridgehead atoms. The Bertz CT molecular complexity index is 766. The second-order valence-corrected chi connectivity index (χ2v) is 5.57. The molecular formula is C17H16N2O5. The van der Waals surface area contributed by atoms with E-state index in [1.54, 1.807) is 12.1 Å². The van der Waals surface area contributed by atoms with Gasteiger partial charge in [0.2, 0.25) is 0 Å². The van der Waals surface area contributed by atoms with Crippen LogP contribution in [-0.4, -0.2) is 41.9 Å². The van der Waals surface area contributed by atoms with E-state index in [0.717, 1.165) is 0 Å². The molecule has 7 nitrogen and oxygen atoms in total. The lowest BCUT2D eigenvalue weighted by Gasteiger charge is -2.14. The van der Waals surface area contributed by atoms with E-state index < -0.39 is 29.6 Å². The molecule has 0 radical (unpaired) electrons. The molecular weight excluding hydrogens is 312 g/mol. The number of methoxy groups -OCH3 is 2. The van der Waals surface area contributed by atoms with Crippen LogP contribution in [0.1, 0.15) is 11.4 Å². The molecule has 1 aliphatic rings. The highest BCUT2D eigenvalue weighted by atomic mass is 16.5. The topological polar surface area (TPSA) is 95.5 Å². The van der Waals surface area contributed by atoms with Crippen molar-refractivity contribution in [3.05, 3.63) is 35.7 Å². The quantitative estimate of drug-likeness (QED) is 0.458. The predicted octanol–water partition coefficient (Wildman–Crippen LogP) is 0.876. The van der Waals surface area contributed by atoms with Crippen molar-refractivity contribution in [3.63, 3.8) is 0 Å². The van der Waals surface area contributed by atoms with Crippen molar-refractivity contribution in [1.29, 1.82) is 0 Å². The molecule has 0 saturated heterocycles. The van der Waals surface area contributed by atoms with Gasteiger partial charge < -0.3 is 9.47 Å². The monoisotopic (exact) mass is 328 g/mol. The molecule has 24 heavy (non-hydrogen) atoms. The minimum Gasteiger partial charge on any atom is -0.468 e. The van der Waals surface area contributed by atoms with Crippen LogP contribution in [0.5, 0.6) is 0 Å². The third kappa shape index (κ3) is 2.73. The molecule has 124 valence electrons. The molecule has 2 unspecified atom stereocenters. The van der Waals surface area contributed by atoms with Gasteiger partial charge in [-0.15, -0.1) is 0 Å². The highest BCUT2D eigenvalue weighted by Crippen LogP contribution is 2.27. The smallest absolute Gasteiger partial charge is 0.316 e. The minimum atomic E-state index is -1.09. The lowest BCUT2D eigenvalue weighted by molar-refractivity contribution is -0.155. The van der Waals surface area contributed by atoms with E-state index in [4.69, 9.17) is 9.47 Å². The van der Waals surface area contributed by atoms with Gasteiger partial charge in [-0.3, -0.25) is 14.4 Å². The molecule has 0 N–H and O–H groups in total. The van der Waals surface area contributed by atoms with E-state index in [1.165, 1.54) is 14.2 Å². The number of hydrogen-bond acceptors (Lipinski definition) is 7. The maximum Gasteiger partial charge on any atom is 0.316 e. The first-order valence-corrected chi connectivity index (χ1v) is 7.49. The van der Waals surface area contributed by atoms with Gasteiger partial charge in [-0.05, 0) is 12.1 Å². The average Bonchev–Trinajstić information content (AvgIpc) is 2.75. The Balaban J connectivity index is 2.13. The fourth-order valence-corrected chi connectivity index (χ4v) is 2.91. The maximum atomic E-state index is 12.7. The summed E-state index contributed by atoms with van der Waals surface area (Å²) >= 11 is 0. The summed E-state index contributed by atoms with van der Waals surface area (Å²) in [6, 6.07) is 7.28. The van der Waals surface area contributed by atoms with E-state index in [1.807, 2.05) is 12.1 Å². The van der Waals surface area contributed by atoms with E-state index in [0.29, 0.717) is 22.4 Å². The first-order chi connectivity index (χ1) is 11.5. The van der Waals surface area contributed by atoms with Crippen LogP contribution in [0, 0.1) is 11.8 Å². The second-order valence-electron chi connectivity index (χ2n) is 5.57. The van der Waals surface area contributed by atoms with Gasteiger partial charge in [0.05, 0.1) is 36.6 Å². The van der Waals surface area contributed by atoms with Crippen LogP contribution >= 0.6 is 0 Å². The number of hydrogen-bond donors (Lipinski definition) is 0. The lowest BCUT2D eigenvalue weighted by Crippen LogP contribution is -2.36. The van der Waals surface area contributed by atoms with Crippen molar-refractivity contribution in [2.24, 2.45) is 11.8 Å². The molecule has 1 aromatic carbocycles. The summed E-state index contributed by atoms with van der Waals surface area (Å²) in [5, 5.41) is 0. The summed E-state index contributed by atoms with van der Waals surface area (Å²) in [6.45, 7) is 0. The molecule has 1 aliphatic carbocycles. The Morgan fingerprint density at radius 3 is 1.71 bits per heavy atom. The molecule has 0 aliphatic heterocycles. The van der Waals surface area contributed by atoms with Crippen LogP contribution in [0.15, 0.2) is 24.3 Å². The first kappa shape index (κ1) is 16.0.